The van der Waals surface area contributed by atoms with Crippen molar-refractivity contribution in [1.29, 1.82) is 0 Å². The van der Waals surface area contributed by atoms with E-state index in [9.17, 15) is 30.4 Å². The number of carbonyl (C=O) groups is 1. The van der Waals surface area contributed by atoms with Crippen LogP contribution in [0.2, 0.25) is 0 Å². The SMILES string of the molecule is O=C(OC1C2CCC(O2)C1O[SH](=O)=O)C(F)(F)S(=O)(=O)O. The van der Waals surface area contributed by atoms with E-state index >= 15 is 0 Å². The van der Waals surface area contributed by atoms with Crippen LogP contribution in [0.3, 0.4) is 0 Å². The zero-order valence-corrected chi connectivity index (χ0v) is 11.8. The highest BCUT2D eigenvalue weighted by atomic mass is 32.2. The summed E-state index contributed by atoms with van der Waals surface area (Å²) in [4.78, 5) is 11.2. The van der Waals surface area contributed by atoms with Gasteiger partial charge in [-0.25, -0.2) is 13.2 Å². The third-order valence-corrected chi connectivity index (χ3v) is 4.38. The maximum Gasteiger partial charge on any atom is 0.465 e. The Bertz CT molecular complexity index is 605. The third-order valence-electron chi connectivity index (χ3n) is 3.15. The van der Waals surface area contributed by atoms with Crippen LogP contribution in [0.5, 0.6) is 0 Å². The molecule has 1 N–H and O–H groups in total. The first-order valence-corrected chi connectivity index (χ1v) is 8.10. The van der Waals surface area contributed by atoms with E-state index in [4.69, 9.17) is 9.29 Å². The Morgan fingerprint density at radius 1 is 1.24 bits per heavy atom. The van der Waals surface area contributed by atoms with E-state index in [0.717, 1.165) is 0 Å². The molecule has 0 aromatic rings. The minimum absolute atomic E-state index is 0.301. The lowest BCUT2D eigenvalue weighted by atomic mass is 9.95. The summed E-state index contributed by atoms with van der Waals surface area (Å²) in [6, 6.07) is 0. The Kier molecular flexibility index (Phi) is 4.23. The molecule has 2 fully saturated rings. The van der Waals surface area contributed by atoms with Crippen molar-refractivity contribution in [2.75, 3.05) is 0 Å². The van der Waals surface area contributed by atoms with Gasteiger partial charge >= 0.3 is 21.3 Å². The van der Waals surface area contributed by atoms with Crippen LogP contribution >= 0.6 is 0 Å². The van der Waals surface area contributed by atoms with Gasteiger partial charge in [-0.05, 0) is 12.8 Å². The van der Waals surface area contributed by atoms with Gasteiger partial charge in [-0.3, -0.25) is 8.74 Å². The fraction of sp³-hybridized carbons (Fsp3) is 0.875. The van der Waals surface area contributed by atoms with Crippen LogP contribution in [-0.4, -0.2) is 57.0 Å². The first kappa shape index (κ1) is 16.5. The maximum absolute atomic E-state index is 13.1. The number of fused-ring (bicyclic) bond motifs is 2. The lowest BCUT2D eigenvalue weighted by Crippen LogP contribution is -2.47. The minimum atomic E-state index is -6.01. The Morgan fingerprint density at radius 3 is 2.24 bits per heavy atom. The Balaban J connectivity index is 2.16. The maximum atomic E-state index is 13.1. The van der Waals surface area contributed by atoms with Crippen LogP contribution in [0.4, 0.5) is 8.78 Å². The van der Waals surface area contributed by atoms with Gasteiger partial charge in [0.25, 0.3) is 11.0 Å². The fourth-order valence-electron chi connectivity index (χ4n) is 2.26. The van der Waals surface area contributed by atoms with E-state index in [1.807, 2.05) is 0 Å². The molecule has 4 atom stereocenters. The molecule has 2 rings (SSSR count). The van der Waals surface area contributed by atoms with Crippen molar-refractivity contribution in [3.63, 3.8) is 0 Å². The summed E-state index contributed by atoms with van der Waals surface area (Å²) in [7, 11) is -9.36. The Morgan fingerprint density at radius 2 is 1.76 bits per heavy atom. The molecule has 0 aromatic carbocycles. The third kappa shape index (κ3) is 3.01. The van der Waals surface area contributed by atoms with Gasteiger partial charge in [-0.2, -0.15) is 17.2 Å². The molecule has 9 nitrogen and oxygen atoms in total. The zero-order chi connectivity index (χ0) is 16.0. The van der Waals surface area contributed by atoms with Crippen molar-refractivity contribution in [2.24, 2.45) is 0 Å². The molecule has 0 spiro atoms. The number of carbonyl (C=O) groups excluding carboxylic acids is 1. The highest BCUT2D eigenvalue weighted by Gasteiger charge is 2.59. The Hall–Kier alpha value is -0.890. The molecule has 13 heteroatoms. The molecular formula is C8H10F2O9S2. The fourth-order valence-corrected chi connectivity index (χ4v) is 2.98. The number of hydrogen-bond donors (Lipinski definition) is 2. The molecule has 4 unspecified atom stereocenters. The van der Waals surface area contributed by atoms with E-state index in [2.05, 4.69) is 8.92 Å². The van der Waals surface area contributed by atoms with Gasteiger partial charge in [0, 0.05) is 0 Å². The molecule has 21 heavy (non-hydrogen) atoms. The summed E-state index contributed by atoms with van der Waals surface area (Å²) >= 11 is 0. The van der Waals surface area contributed by atoms with Gasteiger partial charge in [0.15, 0.2) is 6.10 Å². The molecule has 2 aliphatic rings. The lowest BCUT2D eigenvalue weighted by molar-refractivity contribution is -0.173. The molecule has 0 aromatic heterocycles. The normalized spacial score (nSPS) is 32.6. The van der Waals surface area contributed by atoms with E-state index in [1.54, 1.807) is 0 Å². The van der Waals surface area contributed by atoms with Crippen LogP contribution in [0.25, 0.3) is 0 Å². The number of thiol groups is 1. The van der Waals surface area contributed by atoms with Gasteiger partial charge in [-0.1, -0.05) is 0 Å². The number of ether oxygens (including phenoxy) is 2. The predicted octanol–water partition coefficient (Wildman–Crippen LogP) is -1.15. The van der Waals surface area contributed by atoms with Crippen LogP contribution in [0, 0.1) is 0 Å². The van der Waals surface area contributed by atoms with E-state index in [-0.39, 0.29) is 0 Å². The average molecular weight is 352 g/mol. The zero-order valence-electron chi connectivity index (χ0n) is 10.0. The number of halogens is 2. The summed E-state index contributed by atoms with van der Waals surface area (Å²) in [5.74, 6) is -2.53. The van der Waals surface area contributed by atoms with Crippen LogP contribution in [0.1, 0.15) is 12.8 Å². The number of esters is 1. The predicted molar refractivity (Wildman–Crippen MR) is 59.5 cm³/mol. The molecule has 2 bridgehead atoms. The largest absolute Gasteiger partial charge is 0.465 e. The van der Waals surface area contributed by atoms with Crippen LogP contribution in [0.15, 0.2) is 0 Å². The van der Waals surface area contributed by atoms with E-state index < -0.39 is 56.7 Å². The van der Waals surface area contributed by atoms with Crippen LogP contribution in [-0.2, 0) is 39.6 Å². The van der Waals surface area contributed by atoms with E-state index in [0.29, 0.717) is 12.8 Å². The summed E-state index contributed by atoms with van der Waals surface area (Å²) in [5, 5.41) is -5.17. The van der Waals surface area contributed by atoms with Crippen molar-refractivity contribution in [1.82, 2.24) is 0 Å². The quantitative estimate of drug-likeness (QED) is 0.357. The van der Waals surface area contributed by atoms with Gasteiger partial charge in [-0.15, -0.1) is 0 Å². The van der Waals surface area contributed by atoms with Crippen molar-refractivity contribution in [3.05, 3.63) is 0 Å². The monoisotopic (exact) mass is 352 g/mol. The van der Waals surface area contributed by atoms with Gasteiger partial charge in [0.1, 0.15) is 6.10 Å². The topological polar surface area (TPSA) is 133 Å². The van der Waals surface area contributed by atoms with Crippen LogP contribution < -0.4 is 0 Å². The standard InChI is InChI=1S/C8H10F2O9S2/c9-8(10,21(14,15)16)7(11)18-5-3-1-2-4(17-3)6(5)19-20(12)13/h3-6,20H,1-2H2,(H,14,15,16). The molecule has 2 aliphatic heterocycles. The average Bonchev–Trinajstić information content (AvgIpc) is 2.90. The lowest BCUT2D eigenvalue weighted by Gasteiger charge is -2.26. The molecule has 0 radical (unpaired) electrons. The second kappa shape index (κ2) is 5.39. The molecule has 0 saturated carbocycles. The van der Waals surface area contributed by atoms with Gasteiger partial charge in [0.05, 0.1) is 12.2 Å². The molecule has 2 saturated heterocycles. The first-order valence-electron chi connectivity index (χ1n) is 5.56. The van der Waals surface area contributed by atoms with Crippen molar-refractivity contribution in [2.45, 2.75) is 42.5 Å². The summed E-state index contributed by atoms with van der Waals surface area (Å²) < 4.78 is 90.4. The van der Waals surface area contributed by atoms with E-state index in [1.165, 1.54) is 0 Å². The molecule has 0 aliphatic carbocycles. The second-order valence-corrected chi connectivity index (χ2v) is 6.57. The van der Waals surface area contributed by atoms with Crippen molar-refractivity contribution < 1.29 is 48.6 Å². The van der Waals surface area contributed by atoms with Gasteiger partial charge in [0.2, 0.25) is 0 Å². The van der Waals surface area contributed by atoms with Crippen molar-refractivity contribution >= 4 is 27.1 Å². The van der Waals surface area contributed by atoms with Crippen molar-refractivity contribution in [3.8, 4) is 0 Å². The second-order valence-electron chi connectivity index (χ2n) is 4.45. The molecule has 122 valence electrons. The Labute approximate surface area is 119 Å². The molecular weight excluding hydrogens is 342 g/mol. The highest BCUT2D eigenvalue weighted by Crippen LogP contribution is 2.39. The first-order chi connectivity index (χ1) is 9.54. The highest BCUT2D eigenvalue weighted by molar-refractivity contribution is 7.87. The number of alkyl halides is 2. The number of rotatable bonds is 5. The smallest absolute Gasteiger partial charge is 0.451 e. The summed E-state index contributed by atoms with van der Waals surface area (Å²) in [6.07, 6.45) is -3.80. The van der Waals surface area contributed by atoms with Gasteiger partial charge < -0.3 is 9.47 Å². The molecule has 0 amide bonds. The number of hydrogen-bond acceptors (Lipinski definition) is 8. The minimum Gasteiger partial charge on any atom is -0.451 e. The summed E-state index contributed by atoms with van der Waals surface area (Å²) in [5.41, 5.74) is 0. The summed E-state index contributed by atoms with van der Waals surface area (Å²) in [6.45, 7) is 0. The molecule has 2 heterocycles.